The zero-order chi connectivity index (χ0) is 35.2. The highest BCUT2D eigenvalue weighted by Gasteiger charge is 2.40. The summed E-state index contributed by atoms with van der Waals surface area (Å²) in [4.78, 5) is 44.0. The lowest BCUT2D eigenvalue weighted by atomic mass is 9.69. The van der Waals surface area contributed by atoms with Crippen LogP contribution < -0.4 is 9.80 Å². The minimum Gasteiger partial charge on any atom is -0.481 e. The molecule has 0 amide bonds. The molecule has 0 unspecified atom stereocenters. The van der Waals surface area contributed by atoms with E-state index >= 15 is 0 Å². The van der Waals surface area contributed by atoms with Crippen molar-refractivity contribution >= 4 is 28.6 Å². The Bertz CT molecular complexity index is 1860. The number of fused-ring (bicyclic) bond motifs is 1. The predicted octanol–water partition coefficient (Wildman–Crippen LogP) is 5.61. The van der Waals surface area contributed by atoms with Crippen molar-refractivity contribution < 1.29 is 27.8 Å². The molecule has 4 aromatic rings. The van der Waals surface area contributed by atoms with E-state index in [2.05, 4.69) is 36.6 Å². The Morgan fingerprint density at radius 3 is 2.52 bits per heavy atom. The summed E-state index contributed by atoms with van der Waals surface area (Å²) < 4.78 is 48.2. The van der Waals surface area contributed by atoms with E-state index in [1.54, 1.807) is 19.5 Å². The van der Waals surface area contributed by atoms with E-state index in [0.717, 1.165) is 38.0 Å². The maximum absolute atomic E-state index is 14.2. The highest BCUT2D eigenvalue weighted by atomic mass is 19.4. The van der Waals surface area contributed by atoms with Crippen molar-refractivity contribution in [2.75, 3.05) is 63.3 Å². The Kier molecular flexibility index (Phi) is 9.14. The maximum atomic E-state index is 14.2. The van der Waals surface area contributed by atoms with Crippen molar-refractivity contribution in [1.29, 1.82) is 0 Å². The number of nitrogens with zero attached hydrogens (tertiary/aromatic N) is 8. The molecule has 0 spiro atoms. The molecule has 15 heteroatoms. The third-order valence-corrected chi connectivity index (χ3v) is 10.3. The summed E-state index contributed by atoms with van der Waals surface area (Å²) in [5.74, 6) is 0.192. The van der Waals surface area contributed by atoms with E-state index in [0.29, 0.717) is 73.3 Å². The lowest BCUT2D eigenvalue weighted by Gasteiger charge is -2.44. The van der Waals surface area contributed by atoms with Crippen LogP contribution in [0.3, 0.4) is 0 Å². The first kappa shape index (κ1) is 34.1. The number of aromatic nitrogens is 6. The molecule has 4 aromatic heterocycles. The number of hydrogen-bond acceptors (Lipinski definition) is 10. The van der Waals surface area contributed by atoms with Gasteiger partial charge in [-0.2, -0.15) is 13.2 Å². The van der Waals surface area contributed by atoms with Gasteiger partial charge in [0.2, 0.25) is 0 Å². The molecule has 7 rings (SSSR count). The zero-order valence-electron chi connectivity index (χ0n) is 28.5. The Morgan fingerprint density at radius 1 is 1.10 bits per heavy atom. The summed E-state index contributed by atoms with van der Waals surface area (Å²) in [5.41, 5.74) is 2.26. The van der Waals surface area contributed by atoms with Gasteiger partial charge in [0.25, 0.3) is 0 Å². The molecule has 0 bridgehead atoms. The molecular formula is C35H42F3N9O3. The molecule has 1 saturated heterocycles. The fraction of sp³-hybridized carbons (Fsp3) is 0.543. The van der Waals surface area contributed by atoms with E-state index in [4.69, 9.17) is 24.8 Å². The highest BCUT2D eigenvalue weighted by molar-refractivity contribution is 5.91. The first-order chi connectivity index (χ1) is 23.9. The van der Waals surface area contributed by atoms with Gasteiger partial charge in [0.15, 0.2) is 11.5 Å². The summed E-state index contributed by atoms with van der Waals surface area (Å²) in [7, 11) is 3.68. The van der Waals surface area contributed by atoms with Gasteiger partial charge in [-0.1, -0.05) is 6.42 Å². The van der Waals surface area contributed by atoms with Crippen LogP contribution in [0.2, 0.25) is 0 Å². The van der Waals surface area contributed by atoms with Crippen LogP contribution in [0.15, 0.2) is 30.7 Å². The van der Waals surface area contributed by atoms with E-state index in [1.165, 1.54) is 12.3 Å². The van der Waals surface area contributed by atoms with E-state index < -0.39 is 17.7 Å². The lowest BCUT2D eigenvalue weighted by molar-refractivity contribution is -0.139. The molecule has 3 aliphatic rings. The number of H-pyrrole nitrogens is 1. The molecule has 3 fully saturated rings. The zero-order valence-corrected chi connectivity index (χ0v) is 28.5. The number of hydrogen-bond donors (Lipinski definition) is 2. The number of methoxy groups -OCH3 is 1. The molecule has 50 heavy (non-hydrogen) atoms. The molecule has 1 aliphatic heterocycles. The number of rotatable bonds is 12. The van der Waals surface area contributed by atoms with Gasteiger partial charge in [0.1, 0.15) is 17.0 Å². The number of nitrogens with one attached hydrogen (secondary N) is 1. The number of pyridine rings is 2. The maximum Gasteiger partial charge on any atom is 0.418 e. The van der Waals surface area contributed by atoms with Crippen LogP contribution in [-0.4, -0.2) is 105 Å². The van der Waals surface area contributed by atoms with E-state index in [-0.39, 0.29) is 35.1 Å². The third-order valence-electron chi connectivity index (χ3n) is 10.3. The van der Waals surface area contributed by atoms with Crippen molar-refractivity contribution in [1.82, 2.24) is 34.8 Å². The average molecular weight is 694 g/mol. The molecule has 0 aromatic carbocycles. The summed E-state index contributed by atoms with van der Waals surface area (Å²) >= 11 is 0. The summed E-state index contributed by atoms with van der Waals surface area (Å²) in [5, 5.41) is 9.04. The predicted molar refractivity (Wildman–Crippen MR) is 182 cm³/mol. The van der Waals surface area contributed by atoms with Crippen LogP contribution in [0.5, 0.6) is 0 Å². The van der Waals surface area contributed by atoms with Crippen LogP contribution in [0.25, 0.3) is 33.9 Å². The van der Waals surface area contributed by atoms with E-state index in [1.807, 2.05) is 13.1 Å². The highest BCUT2D eigenvalue weighted by Crippen LogP contribution is 2.46. The normalized spacial score (nSPS) is 19.5. The van der Waals surface area contributed by atoms with Gasteiger partial charge in [0.05, 0.1) is 48.1 Å². The van der Waals surface area contributed by atoms with Gasteiger partial charge in [-0.3, -0.25) is 14.7 Å². The summed E-state index contributed by atoms with van der Waals surface area (Å²) in [6.45, 7) is 6.04. The lowest BCUT2D eigenvalue weighted by Crippen LogP contribution is -2.52. The fourth-order valence-electron chi connectivity index (χ4n) is 7.41. The molecule has 12 nitrogen and oxygen atoms in total. The Morgan fingerprint density at radius 2 is 1.90 bits per heavy atom. The van der Waals surface area contributed by atoms with Crippen LogP contribution in [0, 0.1) is 5.41 Å². The van der Waals surface area contributed by atoms with Crippen LogP contribution in [-0.2, 0) is 15.7 Å². The number of carboxylic acids is 1. The van der Waals surface area contributed by atoms with Crippen LogP contribution >= 0.6 is 0 Å². The molecule has 1 atom stereocenters. The van der Waals surface area contributed by atoms with Gasteiger partial charge >= 0.3 is 12.1 Å². The second-order valence-electron chi connectivity index (χ2n) is 14.1. The fourth-order valence-corrected chi connectivity index (χ4v) is 7.41. The number of ether oxygens (including phenoxy) is 1. The minimum atomic E-state index is -4.53. The smallest absolute Gasteiger partial charge is 0.418 e. The summed E-state index contributed by atoms with van der Waals surface area (Å²) in [6, 6.07) is 3.10. The quantitative estimate of drug-likeness (QED) is 0.192. The third kappa shape index (κ3) is 6.97. The molecular weight excluding hydrogens is 651 g/mol. The minimum absolute atomic E-state index is 0.0147. The monoisotopic (exact) mass is 693 g/mol. The van der Waals surface area contributed by atoms with Gasteiger partial charge in [-0.05, 0) is 44.7 Å². The van der Waals surface area contributed by atoms with Crippen molar-refractivity contribution in [3.05, 3.63) is 42.0 Å². The number of halogens is 3. The van der Waals surface area contributed by atoms with Crippen molar-refractivity contribution in [3.8, 4) is 22.8 Å². The van der Waals surface area contributed by atoms with Gasteiger partial charge in [-0.15, -0.1) is 0 Å². The number of imidazole rings is 1. The molecule has 0 radical (unpaired) electrons. The number of piperazine rings is 1. The number of aromatic amines is 1. The van der Waals surface area contributed by atoms with Gasteiger partial charge in [-0.25, -0.2) is 19.9 Å². The first-order valence-electron chi connectivity index (χ1n) is 17.1. The number of anilines is 2. The topological polar surface area (TPSA) is 136 Å². The SMILES string of the molecule is COCC1(CN(C)c2cc(-c3cnc(C4CC4)c(C(F)(F)F)c3)nc3nc(-c4cnc(N5CCN(CCC(=O)O)C[C@@H]5C)cn4)[nH]c23)CCC1. The van der Waals surface area contributed by atoms with Crippen molar-refractivity contribution in [3.63, 3.8) is 0 Å². The second-order valence-corrected chi connectivity index (χ2v) is 14.1. The molecule has 5 heterocycles. The number of carbonyl (C=O) groups is 1. The average Bonchev–Trinajstić information content (AvgIpc) is 3.83. The standard InChI is InChI=1S/C35H42F3N9O3/c1-21-18-46(10-7-29(48)49)11-12-47(21)28-17-39-26(16-40-28)32-43-31-27(45(2)19-34(20-50-3)8-4-9-34)14-25(42-33(31)44-32)23-13-24(35(36,37)38)30(41-15-23)22-5-6-22/h13-17,21-22H,4-12,18-20H2,1-3H3,(H,48,49)(H,42,43,44)/t21-/m0/s1. The Labute approximate surface area is 288 Å². The number of alkyl halides is 3. The van der Waals surface area contributed by atoms with Crippen molar-refractivity contribution in [2.24, 2.45) is 5.41 Å². The van der Waals surface area contributed by atoms with Crippen LogP contribution in [0.1, 0.15) is 62.6 Å². The molecule has 266 valence electrons. The van der Waals surface area contributed by atoms with E-state index in [9.17, 15) is 18.0 Å². The van der Waals surface area contributed by atoms with Crippen molar-refractivity contribution in [2.45, 2.75) is 63.6 Å². The molecule has 2 N–H and O–H groups in total. The number of aliphatic carboxylic acids is 1. The second kappa shape index (κ2) is 13.4. The number of carboxylic acid groups (broad SMARTS) is 1. The van der Waals surface area contributed by atoms with Gasteiger partial charge in [0, 0.05) is 76.0 Å². The molecule has 2 aliphatic carbocycles. The molecule has 2 saturated carbocycles. The Balaban J connectivity index is 1.21. The Hall–Kier alpha value is -4.37. The largest absolute Gasteiger partial charge is 0.481 e. The first-order valence-corrected chi connectivity index (χ1v) is 17.1. The van der Waals surface area contributed by atoms with Gasteiger partial charge < -0.3 is 24.6 Å². The summed E-state index contributed by atoms with van der Waals surface area (Å²) in [6.07, 6.45) is 5.02. The van der Waals surface area contributed by atoms with Crippen LogP contribution in [0.4, 0.5) is 24.7 Å².